The molecule has 0 radical (unpaired) electrons. The summed E-state index contributed by atoms with van der Waals surface area (Å²) in [6.07, 6.45) is 2.84. The zero-order valence-electron chi connectivity index (χ0n) is 13.6. The Morgan fingerprint density at radius 2 is 2.11 bits per heavy atom. The number of ether oxygens (including phenoxy) is 1. The molecule has 138 valence electrons. The monoisotopic (exact) mass is 407 g/mol. The molecule has 0 aliphatic rings. The number of benzene rings is 1. The van der Waals surface area contributed by atoms with E-state index in [0.29, 0.717) is 20.7 Å². The molecule has 0 fully saturated rings. The van der Waals surface area contributed by atoms with Gasteiger partial charge in [0.15, 0.2) is 11.5 Å². The Kier molecular flexibility index (Phi) is 5.68. The lowest BCUT2D eigenvalue weighted by molar-refractivity contribution is -0.386. The molecule has 2 aromatic heterocycles. The molecule has 1 aromatic carbocycles. The van der Waals surface area contributed by atoms with Gasteiger partial charge in [-0.3, -0.25) is 14.9 Å². The summed E-state index contributed by atoms with van der Waals surface area (Å²) >= 11 is 6.97. The molecule has 0 bridgehead atoms. The van der Waals surface area contributed by atoms with E-state index < -0.39 is 10.7 Å². The van der Waals surface area contributed by atoms with Gasteiger partial charge in [0.1, 0.15) is 23.9 Å². The second kappa shape index (κ2) is 8.15. The maximum atomic E-state index is 13.3. The summed E-state index contributed by atoms with van der Waals surface area (Å²) in [6.45, 7) is -0.132. The lowest BCUT2D eigenvalue weighted by atomic mass is 10.3. The molecule has 2 heterocycles. The quantitative estimate of drug-likeness (QED) is 0.223. The molecule has 0 saturated carbocycles. The van der Waals surface area contributed by atoms with Crippen LogP contribution in [-0.2, 0) is 6.61 Å². The van der Waals surface area contributed by atoms with Crippen molar-refractivity contribution in [3.05, 3.63) is 85.2 Å². The van der Waals surface area contributed by atoms with Gasteiger partial charge in [0, 0.05) is 12.1 Å². The molecular formula is C18H11ClFNO5S. The summed E-state index contributed by atoms with van der Waals surface area (Å²) in [6, 6.07) is 9.43. The molecule has 0 aliphatic heterocycles. The zero-order chi connectivity index (χ0) is 19.4. The second-order valence-corrected chi connectivity index (χ2v) is 6.98. The Bertz CT molecular complexity index is 1030. The predicted molar refractivity (Wildman–Crippen MR) is 98.8 cm³/mol. The van der Waals surface area contributed by atoms with E-state index in [0.717, 1.165) is 18.2 Å². The van der Waals surface area contributed by atoms with Gasteiger partial charge in [-0.25, -0.2) is 4.39 Å². The van der Waals surface area contributed by atoms with Crippen molar-refractivity contribution in [3.63, 3.8) is 0 Å². The van der Waals surface area contributed by atoms with Gasteiger partial charge in [-0.15, -0.1) is 11.3 Å². The van der Waals surface area contributed by atoms with E-state index in [1.54, 1.807) is 24.3 Å². The Morgan fingerprint density at radius 3 is 2.81 bits per heavy atom. The summed E-state index contributed by atoms with van der Waals surface area (Å²) in [7, 11) is 0. The lowest BCUT2D eigenvalue weighted by Gasteiger charge is -2.05. The van der Waals surface area contributed by atoms with Gasteiger partial charge in [0.2, 0.25) is 0 Å². The lowest BCUT2D eigenvalue weighted by Crippen LogP contribution is -1.99. The van der Waals surface area contributed by atoms with E-state index >= 15 is 0 Å². The van der Waals surface area contributed by atoms with E-state index in [-0.39, 0.29) is 23.8 Å². The van der Waals surface area contributed by atoms with E-state index in [9.17, 15) is 19.3 Å². The number of nitro groups is 1. The van der Waals surface area contributed by atoms with Gasteiger partial charge in [-0.05, 0) is 42.5 Å². The van der Waals surface area contributed by atoms with Crippen molar-refractivity contribution < 1.29 is 23.3 Å². The van der Waals surface area contributed by atoms with Crippen molar-refractivity contribution in [2.75, 3.05) is 0 Å². The molecule has 0 unspecified atom stereocenters. The Labute approximate surface area is 161 Å². The predicted octanol–water partition coefficient (Wildman–Crippen LogP) is 5.52. The third kappa shape index (κ3) is 4.81. The van der Waals surface area contributed by atoms with Gasteiger partial charge in [-0.2, -0.15) is 0 Å². The van der Waals surface area contributed by atoms with Crippen molar-refractivity contribution in [3.8, 4) is 5.75 Å². The first kappa shape index (κ1) is 18.8. The number of ketones is 1. The number of allylic oxidation sites excluding steroid dienone is 1. The first-order valence-corrected chi connectivity index (χ1v) is 8.75. The van der Waals surface area contributed by atoms with Crippen LogP contribution in [0.25, 0.3) is 6.08 Å². The average Bonchev–Trinajstić information content (AvgIpc) is 3.26. The van der Waals surface area contributed by atoms with Crippen LogP contribution in [0.5, 0.6) is 5.75 Å². The van der Waals surface area contributed by atoms with Crippen LogP contribution in [0.2, 0.25) is 4.34 Å². The number of furan rings is 1. The summed E-state index contributed by atoms with van der Waals surface area (Å²) < 4.78 is 24.6. The summed E-state index contributed by atoms with van der Waals surface area (Å²) in [5.41, 5.74) is -0.344. The van der Waals surface area contributed by atoms with Crippen LogP contribution < -0.4 is 4.74 Å². The van der Waals surface area contributed by atoms with Crippen molar-refractivity contribution >= 4 is 40.5 Å². The number of hydrogen-bond donors (Lipinski definition) is 0. The van der Waals surface area contributed by atoms with Gasteiger partial charge < -0.3 is 9.15 Å². The van der Waals surface area contributed by atoms with Crippen LogP contribution in [0, 0.1) is 15.9 Å². The molecule has 9 heteroatoms. The van der Waals surface area contributed by atoms with Crippen LogP contribution in [-0.4, -0.2) is 10.7 Å². The largest absolute Gasteiger partial charge is 0.479 e. The molecule has 0 amide bonds. The maximum Gasteiger partial charge on any atom is 0.311 e. The molecule has 0 aliphatic carbocycles. The fourth-order valence-corrected chi connectivity index (χ4v) is 3.11. The Hall–Kier alpha value is -2.97. The van der Waals surface area contributed by atoms with Crippen LogP contribution in [0.4, 0.5) is 10.1 Å². The summed E-state index contributed by atoms with van der Waals surface area (Å²) in [5, 5.41) is 10.9. The number of hydrogen-bond acceptors (Lipinski definition) is 6. The third-order valence-corrected chi connectivity index (χ3v) is 4.63. The average molecular weight is 408 g/mol. The van der Waals surface area contributed by atoms with Crippen LogP contribution in [0.3, 0.4) is 0 Å². The van der Waals surface area contributed by atoms with Crippen LogP contribution in [0.1, 0.15) is 21.2 Å². The van der Waals surface area contributed by atoms with Crippen molar-refractivity contribution in [1.29, 1.82) is 0 Å². The van der Waals surface area contributed by atoms with Crippen molar-refractivity contribution in [1.82, 2.24) is 0 Å². The number of carbonyl (C=O) groups is 1. The number of rotatable bonds is 7. The summed E-state index contributed by atoms with van der Waals surface area (Å²) in [4.78, 5) is 22.8. The molecule has 0 spiro atoms. The zero-order valence-corrected chi connectivity index (χ0v) is 15.1. The normalized spacial score (nSPS) is 11.0. The fraction of sp³-hybridized carbons (Fsp3) is 0.0556. The maximum absolute atomic E-state index is 13.3. The van der Waals surface area contributed by atoms with E-state index in [4.69, 9.17) is 20.8 Å². The van der Waals surface area contributed by atoms with Crippen molar-refractivity contribution in [2.24, 2.45) is 0 Å². The number of thiophene rings is 1. The van der Waals surface area contributed by atoms with Crippen LogP contribution in [0.15, 0.2) is 53.0 Å². The molecular weight excluding hydrogens is 397 g/mol. The minimum Gasteiger partial charge on any atom is -0.479 e. The van der Waals surface area contributed by atoms with Gasteiger partial charge in [-0.1, -0.05) is 11.6 Å². The second-order valence-electron chi connectivity index (χ2n) is 5.26. The molecule has 0 saturated heterocycles. The summed E-state index contributed by atoms with van der Waals surface area (Å²) in [5.74, 6) is -0.293. The first-order chi connectivity index (χ1) is 12.9. The van der Waals surface area contributed by atoms with Crippen LogP contribution >= 0.6 is 22.9 Å². The fourth-order valence-electron chi connectivity index (χ4n) is 2.15. The highest BCUT2D eigenvalue weighted by atomic mass is 35.5. The molecule has 3 aromatic rings. The highest BCUT2D eigenvalue weighted by molar-refractivity contribution is 7.18. The van der Waals surface area contributed by atoms with E-state index in [1.807, 2.05) is 0 Å². The topological polar surface area (TPSA) is 82.6 Å². The number of halogens is 2. The first-order valence-electron chi connectivity index (χ1n) is 7.55. The SMILES string of the molecule is O=C(/C=C/c1ccc(COc2cc(F)ccc2[N+](=O)[O-])o1)c1ccc(Cl)s1. The Morgan fingerprint density at radius 1 is 1.30 bits per heavy atom. The molecule has 27 heavy (non-hydrogen) atoms. The van der Waals surface area contributed by atoms with Gasteiger partial charge >= 0.3 is 5.69 Å². The molecule has 3 rings (SSSR count). The minimum absolute atomic E-state index is 0.132. The van der Waals surface area contributed by atoms with Crippen molar-refractivity contribution in [2.45, 2.75) is 6.61 Å². The van der Waals surface area contributed by atoms with E-state index in [2.05, 4.69) is 0 Å². The van der Waals surface area contributed by atoms with Gasteiger partial charge in [0.05, 0.1) is 14.1 Å². The Balaban J connectivity index is 1.65. The smallest absolute Gasteiger partial charge is 0.311 e. The number of nitro benzene ring substituents is 1. The highest BCUT2D eigenvalue weighted by Gasteiger charge is 2.16. The van der Waals surface area contributed by atoms with E-state index in [1.165, 1.54) is 23.5 Å². The highest BCUT2D eigenvalue weighted by Crippen LogP contribution is 2.28. The molecule has 0 atom stereocenters. The minimum atomic E-state index is -0.659. The molecule has 6 nitrogen and oxygen atoms in total. The molecule has 0 N–H and O–H groups in total. The van der Waals surface area contributed by atoms with Gasteiger partial charge in [0.25, 0.3) is 0 Å². The number of carbonyl (C=O) groups excluding carboxylic acids is 1. The third-order valence-electron chi connectivity index (χ3n) is 3.39. The number of nitrogens with zero attached hydrogens (tertiary/aromatic N) is 1. The standard InChI is InChI=1S/C18H11ClFNO5S/c19-18-8-7-17(27-18)15(22)6-4-12-2-3-13(26-12)10-25-16-9-11(20)1-5-14(16)21(23)24/h1-9H,10H2/b6-4+.